The maximum Gasteiger partial charge on any atom is 0.409 e. The topological polar surface area (TPSA) is 173 Å². The molecule has 1 heterocycles. The average Bonchev–Trinajstić information content (AvgIpc) is 3.26. The summed E-state index contributed by atoms with van der Waals surface area (Å²) in [6.45, 7) is 6.82. The van der Waals surface area contributed by atoms with E-state index in [0.717, 1.165) is 56.1 Å². The van der Waals surface area contributed by atoms with Gasteiger partial charge in [-0.1, -0.05) is 94.9 Å². The van der Waals surface area contributed by atoms with Crippen LogP contribution in [0.3, 0.4) is 0 Å². The second kappa shape index (κ2) is 24.2. The summed E-state index contributed by atoms with van der Waals surface area (Å²) >= 11 is 0. The first-order valence-corrected chi connectivity index (χ1v) is 22.7. The first kappa shape index (κ1) is 47.6. The normalized spacial score (nSPS) is 23.3. The van der Waals surface area contributed by atoms with Crippen LogP contribution in [0.5, 0.6) is 11.5 Å². The van der Waals surface area contributed by atoms with E-state index in [9.17, 15) is 30.2 Å². The molecule has 13 heteroatoms. The van der Waals surface area contributed by atoms with Gasteiger partial charge in [0.15, 0.2) is 0 Å². The Hall–Kier alpha value is -4.46. The number of allylic oxidation sites excluding steroid dienone is 1. The number of amides is 1. The van der Waals surface area contributed by atoms with Crippen LogP contribution in [0.2, 0.25) is 0 Å². The zero-order valence-electron chi connectivity index (χ0n) is 36.4. The molecule has 3 N–H and O–H groups in total. The van der Waals surface area contributed by atoms with Crippen LogP contribution in [0.1, 0.15) is 133 Å². The second-order valence-electron chi connectivity index (χ2n) is 16.9. The van der Waals surface area contributed by atoms with Crippen molar-refractivity contribution in [3.8, 4) is 11.5 Å². The third-order valence-corrected chi connectivity index (χ3v) is 12.7. The summed E-state index contributed by atoms with van der Waals surface area (Å²) in [4.78, 5) is 32.6. The second-order valence-corrected chi connectivity index (χ2v) is 16.9. The molecule has 1 amide bonds. The Kier molecular flexibility index (Phi) is 18.9. The van der Waals surface area contributed by atoms with Crippen molar-refractivity contribution in [2.24, 2.45) is 22.9 Å². The van der Waals surface area contributed by atoms with E-state index in [0.29, 0.717) is 29.9 Å². The van der Waals surface area contributed by atoms with E-state index in [1.165, 1.54) is 57.1 Å². The summed E-state index contributed by atoms with van der Waals surface area (Å²) in [6, 6.07) is 10.5. The Bertz CT molecular complexity index is 1770. The molecule has 61 heavy (non-hydrogen) atoms. The van der Waals surface area contributed by atoms with E-state index in [1.807, 2.05) is 0 Å². The summed E-state index contributed by atoms with van der Waals surface area (Å²) in [5.41, 5.74) is 2.98. The maximum absolute atomic E-state index is 14.1. The molecule has 2 aromatic carbocycles. The molecule has 0 aromatic heterocycles. The van der Waals surface area contributed by atoms with Gasteiger partial charge in [0.2, 0.25) is 5.79 Å². The lowest BCUT2D eigenvalue weighted by Gasteiger charge is -2.59. The molecule has 0 radical (unpaired) electrons. The molecule has 0 saturated heterocycles. The molecule has 1 aliphatic heterocycles. The van der Waals surface area contributed by atoms with Gasteiger partial charge in [-0.15, -0.1) is 6.58 Å². The van der Waals surface area contributed by atoms with Gasteiger partial charge in [-0.25, -0.2) is 4.79 Å². The zero-order valence-corrected chi connectivity index (χ0v) is 36.4. The molecule has 13 nitrogen and oxygen atoms in total. The van der Waals surface area contributed by atoms with E-state index in [1.54, 1.807) is 48.4 Å². The van der Waals surface area contributed by atoms with Gasteiger partial charge >= 0.3 is 6.09 Å². The van der Waals surface area contributed by atoms with Crippen molar-refractivity contribution in [3.05, 3.63) is 88.0 Å². The number of unbranched alkanes of at least 4 members (excludes halogenated alkanes) is 11. The van der Waals surface area contributed by atoms with Crippen LogP contribution < -0.4 is 4.74 Å². The fraction of sp³-hybridized carbons (Fsp3) is 0.625. The number of phenolic OH excluding ortho intramolecular Hbond substituents is 1. The number of aliphatic hydroxyl groups is 2. The largest absolute Gasteiger partial charge is 0.508 e. The summed E-state index contributed by atoms with van der Waals surface area (Å²) in [5, 5.41) is 46.6. The van der Waals surface area contributed by atoms with E-state index in [4.69, 9.17) is 24.2 Å². The SMILES string of the molecule is C=CCOC12Oc3ccc(O)cc3C3C(CCCCO)C(CCCCO)C=C(C(=NOCc4ccc([N+](=O)[O-])cc4)CC1N(C)C(=O)OCCCCCCCCCCCC)C32. The van der Waals surface area contributed by atoms with Crippen LogP contribution in [0.25, 0.3) is 0 Å². The van der Waals surface area contributed by atoms with Gasteiger partial charge in [0.05, 0.1) is 29.8 Å². The number of benzene rings is 2. The molecular weight excluding hydrogens is 779 g/mol. The molecule has 0 bridgehead atoms. The predicted octanol–water partition coefficient (Wildman–Crippen LogP) is 10.1. The minimum absolute atomic E-state index is 0.0183. The van der Waals surface area contributed by atoms with Crippen molar-refractivity contribution in [2.45, 2.75) is 140 Å². The minimum Gasteiger partial charge on any atom is -0.508 e. The van der Waals surface area contributed by atoms with Crippen LogP contribution in [0.15, 0.2) is 71.9 Å². The number of carbonyl (C=O) groups excluding carboxylic acids is 1. The lowest BCUT2D eigenvalue weighted by Crippen LogP contribution is -2.69. The predicted molar refractivity (Wildman–Crippen MR) is 235 cm³/mol. The third-order valence-electron chi connectivity index (χ3n) is 12.7. The minimum atomic E-state index is -1.43. The average molecular weight is 848 g/mol. The Morgan fingerprint density at radius 2 is 1.64 bits per heavy atom. The van der Waals surface area contributed by atoms with E-state index in [2.05, 4.69) is 19.6 Å². The van der Waals surface area contributed by atoms with Crippen LogP contribution in [-0.2, 0) is 20.9 Å². The summed E-state index contributed by atoms with van der Waals surface area (Å²) in [7, 11) is 1.71. The fourth-order valence-corrected chi connectivity index (χ4v) is 9.61. The first-order chi connectivity index (χ1) is 29.7. The standard InChI is InChI=1S/C48H69N3O10/c1-4-6-7-8-9-10-11-12-13-18-30-58-47(55)50(3)44-33-42(49-60-34-35-21-23-37(24-22-35)51(56)57)40-31-36(19-14-16-27-52)39(20-15-17-28-53)45-41-32-38(54)25-26-43(41)61-48(44,46(40)45)59-29-5-2/h5,21-26,31-32,36,39,44-46,52-54H,2,4,6-20,27-30,33-34H2,1,3H3. The van der Waals surface area contributed by atoms with Crippen molar-refractivity contribution < 1.29 is 44.1 Å². The quantitative estimate of drug-likeness (QED) is 0.0340. The number of aliphatic hydroxyl groups excluding tert-OH is 2. The lowest BCUT2D eigenvalue weighted by molar-refractivity contribution is -0.384. The van der Waals surface area contributed by atoms with Gasteiger partial charge in [0, 0.05) is 50.3 Å². The lowest BCUT2D eigenvalue weighted by atomic mass is 9.55. The van der Waals surface area contributed by atoms with Gasteiger partial charge < -0.3 is 39.3 Å². The number of carbonyl (C=O) groups is 1. The van der Waals surface area contributed by atoms with Crippen molar-refractivity contribution in [3.63, 3.8) is 0 Å². The summed E-state index contributed by atoms with van der Waals surface area (Å²) < 4.78 is 19.9. The Balaban J connectivity index is 1.50. The molecule has 6 unspecified atom stereocenters. The van der Waals surface area contributed by atoms with Crippen LogP contribution in [0, 0.1) is 27.9 Å². The number of nitro benzene ring substituents is 1. The van der Waals surface area contributed by atoms with E-state index >= 15 is 0 Å². The number of non-ortho nitro benzene ring substituents is 1. The molecule has 0 spiro atoms. The molecule has 6 atom stereocenters. The monoisotopic (exact) mass is 847 g/mol. The van der Waals surface area contributed by atoms with Gasteiger partial charge in [-0.2, -0.15) is 0 Å². The number of phenols is 1. The van der Waals surface area contributed by atoms with Gasteiger partial charge in [0.1, 0.15) is 24.1 Å². The highest BCUT2D eigenvalue weighted by molar-refractivity contribution is 6.02. The van der Waals surface area contributed by atoms with E-state index < -0.39 is 28.8 Å². The number of hydrogen-bond acceptors (Lipinski definition) is 11. The number of fused-ring (bicyclic) bond motifs is 2. The van der Waals surface area contributed by atoms with Crippen LogP contribution in [-0.4, -0.2) is 82.3 Å². The van der Waals surface area contributed by atoms with Crippen molar-refractivity contribution in [1.29, 1.82) is 0 Å². The number of hydrogen-bond donors (Lipinski definition) is 3. The highest BCUT2D eigenvalue weighted by atomic mass is 16.7. The number of rotatable bonds is 27. The molecule has 3 aliphatic rings. The van der Waals surface area contributed by atoms with Crippen LogP contribution >= 0.6 is 0 Å². The molecule has 2 aromatic rings. The van der Waals surface area contributed by atoms with Gasteiger partial charge in [0.25, 0.3) is 5.69 Å². The molecule has 1 saturated carbocycles. The summed E-state index contributed by atoms with van der Waals surface area (Å²) in [6.07, 6.45) is 19.7. The first-order valence-electron chi connectivity index (χ1n) is 22.7. The number of nitro groups is 1. The highest BCUT2D eigenvalue weighted by Gasteiger charge is 2.65. The van der Waals surface area contributed by atoms with Crippen molar-refractivity contribution in [2.75, 3.05) is 33.5 Å². The molecule has 5 rings (SSSR count). The van der Waals surface area contributed by atoms with Crippen molar-refractivity contribution >= 4 is 17.5 Å². The zero-order chi connectivity index (χ0) is 43.6. The van der Waals surface area contributed by atoms with Gasteiger partial charge in [-0.05, 0) is 85.4 Å². The molecular formula is C48H69N3O10. The maximum atomic E-state index is 14.1. The number of oxime groups is 1. The van der Waals surface area contributed by atoms with E-state index in [-0.39, 0.29) is 68.6 Å². The fourth-order valence-electron chi connectivity index (χ4n) is 9.61. The molecule has 1 fully saturated rings. The van der Waals surface area contributed by atoms with Gasteiger partial charge in [-0.3, -0.25) is 10.1 Å². The number of aromatic hydroxyl groups is 1. The number of nitrogens with zero attached hydrogens (tertiary/aromatic N) is 3. The smallest absolute Gasteiger partial charge is 0.409 e. The Morgan fingerprint density at radius 3 is 2.30 bits per heavy atom. The summed E-state index contributed by atoms with van der Waals surface area (Å²) in [5.74, 6) is -1.51. The Morgan fingerprint density at radius 1 is 0.967 bits per heavy atom. The third kappa shape index (κ3) is 12.3. The number of ether oxygens (including phenoxy) is 3. The molecule has 336 valence electrons. The number of likely N-dealkylation sites (N-methyl/N-ethyl adjacent to an activating group) is 1. The Labute approximate surface area is 361 Å². The van der Waals surface area contributed by atoms with Crippen molar-refractivity contribution in [1.82, 2.24) is 4.90 Å². The molecule has 2 aliphatic carbocycles. The highest BCUT2D eigenvalue weighted by Crippen LogP contribution is 2.61. The van der Waals surface area contributed by atoms with Crippen LogP contribution in [0.4, 0.5) is 10.5 Å².